The van der Waals surface area contributed by atoms with Crippen LogP contribution >= 0.6 is 0 Å². The van der Waals surface area contributed by atoms with E-state index in [1.807, 2.05) is 0 Å². The summed E-state index contributed by atoms with van der Waals surface area (Å²) in [5.41, 5.74) is -2.97. The van der Waals surface area contributed by atoms with Crippen molar-refractivity contribution in [1.29, 1.82) is 0 Å². The van der Waals surface area contributed by atoms with E-state index in [4.69, 9.17) is 0 Å². The molecule has 0 saturated carbocycles. The van der Waals surface area contributed by atoms with Crippen LogP contribution in [0.25, 0.3) is 0 Å². The van der Waals surface area contributed by atoms with Crippen molar-refractivity contribution in [3.8, 4) is 0 Å². The molecule has 0 saturated heterocycles. The Bertz CT molecular complexity index is 1050. The summed E-state index contributed by atoms with van der Waals surface area (Å²) in [6.07, 6.45) is -14.2. The van der Waals surface area contributed by atoms with E-state index < -0.39 is 46.1 Å². The lowest BCUT2D eigenvalue weighted by atomic mass is 10.1. The van der Waals surface area contributed by atoms with Crippen molar-refractivity contribution in [1.82, 2.24) is 0 Å². The van der Waals surface area contributed by atoms with Gasteiger partial charge in [-0.3, -0.25) is 0 Å². The van der Waals surface area contributed by atoms with Gasteiger partial charge in [0.25, 0.3) is 0 Å². The number of benzene rings is 3. The molecule has 0 amide bonds. The van der Waals surface area contributed by atoms with Crippen LogP contribution in [0.5, 0.6) is 0 Å². The van der Waals surface area contributed by atoms with Crippen molar-refractivity contribution in [2.75, 3.05) is 0 Å². The Morgan fingerprint density at radius 1 is 0.500 bits per heavy atom. The van der Waals surface area contributed by atoms with Gasteiger partial charge >= 0.3 is 18.5 Å². The first-order chi connectivity index (χ1) is 14.7. The lowest BCUT2D eigenvalue weighted by Crippen LogP contribution is -2.13. The summed E-state index contributed by atoms with van der Waals surface area (Å²) in [4.78, 5) is -0.160. The molecular weight excluding hydrogens is 467 g/mol. The predicted molar refractivity (Wildman–Crippen MR) is 101 cm³/mol. The number of halogens is 9. The van der Waals surface area contributed by atoms with Crippen LogP contribution in [0.4, 0.5) is 39.5 Å². The Balaban J connectivity index is 2.28. The molecule has 0 N–H and O–H groups in total. The molecule has 32 heavy (non-hydrogen) atoms. The molecule has 3 aromatic carbocycles. The van der Waals surface area contributed by atoms with Crippen LogP contribution in [0.3, 0.4) is 0 Å². The second-order valence-electron chi connectivity index (χ2n) is 6.89. The molecule has 0 aliphatic heterocycles. The first-order valence-corrected chi connectivity index (χ1v) is 10.2. The fourth-order valence-corrected chi connectivity index (χ4v) is 5.32. The fraction of sp³-hybridized carbons (Fsp3) is 0.182. The molecule has 3 rings (SSSR count). The average molecular weight is 481 g/mol. The van der Waals surface area contributed by atoms with Crippen molar-refractivity contribution in [2.24, 2.45) is 0 Å². The molecule has 0 aliphatic rings. The maximum atomic E-state index is 13.4. The van der Waals surface area contributed by atoms with Crippen molar-refractivity contribution >= 4 is 10.9 Å². The Morgan fingerprint density at radius 3 is 1.31 bits per heavy atom. The molecule has 0 aliphatic carbocycles. The third-order valence-electron chi connectivity index (χ3n) is 4.41. The Kier molecular flexibility index (Phi) is 6.29. The highest BCUT2D eigenvalue weighted by atomic mass is 32.2. The highest BCUT2D eigenvalue weighted by Crippen LogP contribution is 2.40. The number of alkyl halides is 9. The summed E-state index contributed by atoms with van der Waals surface area (Å²) in [6, 6.07) is 10.7. The number of hydrogen-bond donors (Lipinski definition) is 0. The summed E-state index contributed by atoms with van der Waals surface area (Å²) in [7, 11) is -1.66. The number of aryl methyl sites for hydroxylation is 1. The zero-order chi connectivity index (χ0) is 23.9. The van der Waals surface area contributed by atoms with E-state index in [2.05, 4.69) is 0 Å². The van der Waals surface area contributed by atoms with Crippen LogP contribution < -0.4 is 0 Å². The largest absolute Gasteiger partial charge is 0.416 e. The molecule has 0 fully saturated rings. The van der Waals surface area contributed by atoms with E-state index in [1.54, 1.807) is 0 Å². The van der Waals surface area contributed by atoms with Crippen LogP contribution in [0, 0.1) is 6.92 Å². The highest BCUT2D eigenvalue weighted by Gasteiger charge is 2.39. The van der Waals surface area contributed by atoms with Gasteiger partial charge in [0, 0.05) is 18.2 Å². The van der Waals surface area contributed by atoms with Crippen LogP contribution in [-0.2, 0) is 29.4 Å². The summed E-state index contributed by atoms with van der Waals surface area (Å²) < 4.78 is 120. The van der Waals surface area contributed by atoms with E-state index >= 15 is 0 Å². The molecule has 0 radical (unpaired) electrons. The minimum Gasteiger partial charge on any atom is -0.166 e. The number of rotatable bonds is 3. The predicted octanol–water partition coefficient (Wildman–Crippen LogP) is 8.15. The lowest BCUT2D eigenvalue weighted by molar-refractivity contribution is -0.138. The second kappa shape index (κ2) is 8.38. The summed E-state index contributed by atoms with van der Waals surface area (Å²) in [6.45, 7) is 1.37. The van der Waals surface area contributed by atoms with Gasteiger partial charge in [-0.15, -0.1) is 0 Å². The zero-order valence-electron chi connectivity index (χ0n) is 16.2. The average Bonchev–Trinajstić information content (AvgIpc) is 2.66. The molecule has 0 bridgehead atoms. The number of hydrogen-bond acceptors (Lipinski definition) is 0. The van der Waals surface area contributed by atoms with E-state index in [-0.39, 0.29) is 20.2 Å². The van der Waals surface area contributed by atoms with E-state index in [0.717, 1.165) is 48.5 Å². The van der Waals surface area contributed by atoms with Gasteiger partial charge in [0.2, 0.25) is 0 Å². The van der Waals surface area contributed by atoms with Gasteiger partial charge in [-0.1, -0.05) is 12.1 Å². The van der Waals surface area contributed by atoms with Crippen LogP contribution in [0.2, 0.25) is 0 Å². The van der Waals surface area contributed by atoms with Crippen LogP contribution in [0.1, 0.15) is 22.3 Å². The molecule has 170 valence electrons. The highest BCUT2D eigenvalue weighted by molar-refractivity contribution is 7.97. The van der Waals surface area contributed by atoms with Crippen LogP contribution in [0.15, 0.2) is 81.4 Å². The topological polar surface area (TPSA) is 0 Å². The van der Waals surface area contributed by atoms with Gasteiger partial charge in [-0.25, -0.2) is 0 Å². The Labute approximate surface area is 180 Å². The lowest BCUT2D eigenvalue weighted by Gasteiger charge is -2.14. The van der Waals surface area contributed by atoms with Crippen molar-refractivity contribution in [3.05, 3.63) is 89.0 Å². The van der Waals surface area contributed by atoms with Gasteiger partial charge in [0.15, 0.2) is 14.7 Å². The SMILES string of the molecule is Cc1cc([S+](c2cccc(C(F)(F)F)c2)c2cccc(C(F)(F)F)c2)cc(C(F)(F)F)c1. The van der Waals surface area contributed by atoms with E-state index in [9.17, 15) is 39.5 Å². The molecular formula is C22H14F9S+. The standard InChI is InChI=1S/C22H14F9S/c1-13-8-16(22(29,30)31)12-19(9-13)32(17-6-2-4-14(10-17)20(23,24)25)18-7-3-5-15(11-18)21(26,27)28/h2-12H,1H3/q+1. The molecule has 3 aromatic rings. The van der Waals surface area contributed by atoms with Gasteiger partial charge in [-0.2, -0.15) is 39.5 Å². The fourth-order valence-electron chi connectivity index (χ4n) is 3.04. The maximum Gasteiger partial charge on any atom is 0.416 e. The van der Waals surface area contributed by atoms with Gasteiger partial charge < -0.3 is 0 Å². The van der Waals surface area contributed by atoms with Gasteiger partial charge in [0.05, 0.1) is 27.6 Å². The monoisotopic (exact) mass is 481 g/mol. The maximum absolute atomic E-state index is 13.4. The molecule has 0 unspecified atom stereocenters. The van der Waals surface area contributed by atoms with Crippen molar-refractivity contribution in [3.63, 3.8) is 0 Å². The second-order valence-corrected chi connectivity index (χ2v) is 8.92. The minimum absolute atomic E-state index is 0.0454. The van der Waals surface area contributed by atoms with E-state index in [1.165, 1.54) is 25.1 Å². The third kappa shape index (κ3) is 5.40. The van der Waals surface area contributed by atoms with Crippen molar-refractivity contribution in [2.45, 2.75) is 40.1 Å². The Hall–Kier alpha value is -2.62. The van der Waals surface area contributed by atoms with Crippen molar-refractivity contribution < 1.29 is 39.5 Å². The molecule has 0 heterocycles. The summed E-state index contributed by atoms with van der Waals surface area (Å²) >= 11 is 0. The Morgan fingerprint density at radius 2 is 0.906 bits per heavy atom. The molecule has 0 nitrogen and oxygen atoms in total. The first kappa shape index (κ1) is 24.0. The quantitative estimate of drug-likeness (QED) is 0.262. The summed E-state index contributed by atoms with van der Waals surface area (Å²) in [5, 5.41) is 0. The first-order valence-electron chi connectivity index (χ1n) is 8.94. The van der Waals surface area contributed by atoms with E-state index in [0.29, 0.717) is 0 Å². The zero-order valence-corrected chi connectivity index (χ0v) is 17.0. The molecule has 10 heteroatoms. The smallest absolute Gasteiger partial charge is 0.166 e. The van der Waals surface area contributed by atoms with Gasteiger partial charge in [0.1, 0.15) is 0 Å². The molecule has 0 atom stereocenters. The minimum atomic E-state index is -4.74. The normalized spacial score (nSPS) is 13.0. The summed E-state index contributed by atoms with van der Waals surface area (Å²) in [5.74, 6) is 0. The molecule has 0 aromatic heterocycles. The third-order valence-corrected chi connectivity index (χ3v) is 6.57. The van der Waals surface area contributed by atoms with Crippen LogP contribution in [-0.4, -0.2) is 0 Å². The van der Waals surface area contributed by atoms with Gasteiger partial charge in [-0.05, 0) is 48.9 Å². The molecule has 0 spiro atoms.